The van der Waals surface area contributed by atoms with Gasteiger partial charge in [0.2, 0.25) is 0 Å². The van der Waals surface area contributed by atoms with E-state index in [1.807, 2.05) is 44.2 Å². The fourth-order valence-corrected chi connectivity index (χ4v) is 2.69. The smallest absolute Gasteiger partial charge is 0.143 e. The first-order chi connectivity index (χ1) is 11.6. The lowest BCUT2D eigenvalue weighted by Gasteiger charge is -2.33. The minimum atomic E-state index is 0.124. The van der Waals surface area contributed by atoms with Gasteiger partial charge in [-0.2, -0.15) is 0 Å². The number of para-hydroxylation sites is 2. The van der Waals surface area contributed by atoms with Crippen LogP contribution < -0.4 is 15.0 Å². The zero-order chi connectivity index (χ0) is 16.9. The zero-order valence-electron chi connectivity index (χ0n) is 14.6. The van der Waals surface area contributed by atoms with Gasteiger partial charge in [-0.05, 0) is 33.0 Å². The molecule has 1 fully saturated rings. The molecule has 0 spiro atoms. The van der Waals surface area contributed by atoms with Crippen molar-refractivity contribution in [3.05, 3.63) is 36.7 Å². The monoisotopic (exact) mass is 327 g/mol. The number of piperazine rings is 1. The maximum Gasteiger partial charge on any atom is 0.143 e. The van der Waals surface area contributed by atoms with Gasteiger partial charge in [0.05, 0.1) is 11.8 Å². The second-order valence-corrected chi connectivity index (χ2v) is 6.34. The van der Waals surface area contributed by atoms with Crippen LogP contribution in [0.25, 0.3) is 0 Å². The molecule has 0 bridgehead atoms. The highest BCUT2D eigenvalue weighted by Crippen LogP contribution is 2.28. The normalized spacial score (nSPS) is 15.6. The first-order valence-electron chi connectivity index (χ1n) is 8.40. The molecule has 0 amide bonds. The molecule has 1 N–H and O–H groups in total. The molecule has 6 nitrogen and oxygen atoms in total. The third-order valence-electron chi connectivity index (χ3n) is 3.99. The van der Waals surface area contributed by atoms with Gasteiger partial charge in [-0.15, -0.1) is 0 Å². The number of aromatic nitrogens is 2. The fourth-order valence-electron chi connectivity index (χ4n) is 2.69. The van der Waals surface area contributed by atoms with E-state index >= 15 is 0 Å². The Bertz CT molecular complexity index is 668. The number of likely N-dealkylation sites (N-methyl/N-ethyl adjacent to an activating group) is 1. The Kier molecular flexibility index (Phi) is 5.15. The number of rotatable bonds is 5. The highest BCUT2D eigenvalue weighted by Gasteiger charge is 2.16. The summed E-state index contributed by atoms with van der Waals surface area (Å²) in [4.78, 5) is 13.4. The van der Waals surface area contributed by atoms with Crippen molar-refractivity contribution in [1.29, 1.82) is 0 Å². The molecule has 0 aliphatic carbocycles. The van der Waals surface area contributed by atoms with E-state index in [4.69, 9.17) is 4.74 Å². The summed E-state index contributed by atoms with van der Waals surface area (Å²) in [6, 6.07) is 9.91. The Balaban J connectivity index is 1.75. The molecule has 2 aromatic rings. The van der Waals surface area contributed by atoms with Gasteiger partial charge in [0.1, 0.15) is 23.7 Å². The molecule has 2 heterocycles. The van der Waals surface area contributed by atoms with Gasteiger partial charge in [0, 0.05) is 32.2 Å². The van der Waals surface area contributed by atoms with E-state index in [-0.39, 0.29) is 6.10 Å². The Morgan fingerprint density at radius 1 is 1.08 bits per heavy atom. The predicted octanol–water partition coefficient (Wildman–Crippen LogP) is 2.76. The summed E-state index contributed by atoms with van der Waals surface area (Å²) in [5.74, 6) is 2.56. The summed E-state index contributed by atoms with van der Waals surface area (Å²) in [5, 5.41) is 3.35. The summed E-state index contributed by atoms with van der Waals surface area (Å²) in [7, 11) is 2.15. The van der Waals surface area contributed by atoms with Crippen LogP contribution in [-0.2, 0) is 0 Å². The Morgan fingerprint density at radius 3 is 2.58 bits per heavy atom. The fraction of sp³-hybridized carbons (Fsp3) is 0.444. The summed E-state index contributed by atoms with van der Waals surface area (Å²) >= 11 is 0. The van der Waals surface area contributed by atoms with Gasteiger partial charge in [0.15, 0.2) is 0 Å². The molecule has 1 saturated heterocycles. The van der Waals surface area contributed by atoms with Crippen LogP contribution in [0.1, 0.15) is 13.8 Å². The molecular formula is C18H25N5O. The van der Waals surface area contributed by atoms with Crippen LogP contribution in [-0.4, -0.2) is 54.2 Å². The van der Waals surface area contributed by atoms with Crippen molar-refractivity contribution in [2.45, 2.75) is 20.0 Å². The van der Waals surface area contributed by atoms with E-state index in [0.717, 1.165) is 49.3 Å². The lowest BCUT2D eigenvalue weighted by Crippen LogP contribution is -2.44. The van der Waals surface area contributed by atoms with Crippen molar-refractivity contribution < 1.29 is 4.74 Å². The van der Waals surface area contributed by atoms with Crippen molar-refractivity contribution >= 4 is 17.3 Å². The molecule has 1 aromatic heterocycles. The molecule has 0 unspecified atom stereocenters. The van der Waals surface area contributed by atoms with Gasteiger partial charge in [-0.1, -0.05) is 12.1 Å². The van der Waals surface area contributed by atoms with E-state index < -0.39 is 0 Å². The largest absolute Gasteiger partial charge is 0.489 e. The topological polar surface area (TPSA) is 53.5 Å². The lowest BCUT2D eigenvalue weighted by atomic mass is 10.3. The number of anilines is 3. The van der Waals surface area contributed by atoms with Crippen molar-refractivity contribution in [3.63, 3.8) is 0 Å². The molecule has 1 aromatic carbocycles. The quantitative estimate of drug-likeness (QED) is 0.911. The molecule has 128 valence electrons. The zero-order valence-corrected chi connectivity index (χ0v) is 14.6. The highest BCUT2D eigenvalue weighted by atomic mass is 16.5. The van der Waals surface area contributed by atoms with Gasteiger partial charge in [-0.3, -0.25) is 0 Å². The summed E-state index contributed by atoms with van der Waals surface area (Å²) in [5.41, 5.74) is 0.911. The average molecular weight is 327 g/mol. The molecule has 0 radical (unpaired) electrons. The number of benzene rings is 1. The molecule has 1 aliphatic rings. The van der Waals surface area contributed by atoms with Crippen molar-refractivity contribution in [1.82, 2.24) is 14.9 Å². The molecule has 6 heteroatoms. The molecule has 0 saturated carbocycles. The number of ether oxygens (including phenoxy) is 1. The average Bonchev–Trinajstić information content (AvgIpc) is 2.57. The summed E-state index contributed by atoms with van der Waals surface area (Å²) < 4.78 is 5.85. The van der Waals surface area contributed by atoms with Gasteiger partial charge in [-0.25, -0.2) is 9.97 Å². The minimum Gasteiger partial charge on any atom is -0.489 e. The van der Waals surface area contributed by atoms with E-state index in [9.17, 15) is 0 Å². The van der Waals surface area contributed by atoms with Crippen molar-refractivity contribution in [3.8, 4) is 5.75 Å². The van der Waals surface area contributed by atoms with Crippen LogP contribution >= 0.6 is 0 Å². The first-order valence-corrected chi connectivity index (χ1v) is 8.40. The van der Waals surface area contributed by atoms with Gasteiger partial charge in [0.25, 0.3) is 0 Å². The maximum absolute atomic E-state index is 5.85. The van der Waals surface area contributed by atoms with E-state index in [1.165, 1.54) is 0 Å². The van der Waals surface area contributed by atoms with Crippen LogP contribution in [0.15, 0.2) is 36.7 Å². The molecular weight excluding hydrogens is 302 g/mol. The second kappa shape index (κ2) is 7.49. The van der Waals surface area contributed by atoms with Crippen LogP contribution in [0.2, 0.25) is 0 Å². The number of nitrogens with zero attached hydrogens (tertiary/aromatic N) is 4. The molecule has 0 atom stereocenters. The molecule has 1 aliphatic heterocycles. The standard InChI is InChI=1S/C18H25N5O/c1-14(2)24-16-7-5-4-6-15(16)21-17-12-18(20-13-19-17)23-10-8-22(3)9-11-23/h4-7,12-14H,8-11H2,1-3H3,(H,19,20,21). The Hall–Kier alpha value is -2.34. The minimum absolute atomic E-state index is 0.124. The van der Waals surface area contributed by atoms with Crippen LogP contribution in [0.5, 0.6) is 5.75 Å². The third kappa shape index (κ3) is 4.14. The highest BCUT2D eigenvalue weighted by molar-refractivity contribution is 5.65. The Labute approximate surface area is 143 Å². The molecule has 24 heavy (non-hydrogen) atoms. The number of nitrogens with one attached hydrogen (secondary N) is 1. The van der Waals surface area contributed by atoms with Crippen LogP contribution in [0, 0.1) is 0 Å². The number of hydrogen-bond donors (Lipinski definition) is 1. The molecule has 3 rings (SSSR count). The third-order valence-corrected chi connectivity index (χ3v) is 3.99. The number of hydrogen-bond acceptors (Lipinski definition) is 6. The maximum atomic E-state index is 5.85. The Morgan fingerprint density at radius 2 is 1.83 bits per heavy atom. The van der Waals surface area contributed by atoms with Crippen LogP contribution in [0.3, 0.4) is 0 Å². The van der Waals surface area contributed by atoms with Gasteiger partial charge < -0.3 is 19.9 Å². The SMILES string of the molecule is CC(C)Oc1ccccc1Nc1cc(N2CCN(C)CC2)ncn1. The van der Waals surface area contributed by atoms with Crippen molar-refractivity contribution in [2.24, 2.45) is 0 Å². The first kappa shape index (κ1) is 16.5. The second-order valence-electron chi connectivity index (χ2n) is 6.34. The summed E-state index contributed by atoms with van der Waals surface area (Å²) in [6.45, 7) is 8.12. The van der Waals surface area contributed by atoms with Crippen LogP contribution in [0.4, 0.5) is 17.3 Å². The van der Waals surface area contributed by atoms with Crippen molar-refractivity contribution in [2.75, 3.05) is 43.4 Å². The van der Waals surface area contributed by atoms with E-state index in [0.29, 0.717) is 0 Å². The van der Waals surface area contributed by atoms with E-state index in [1.54, 1.807) is 6.33 Å². The van der Waals surface area contributed by atoms with E-state index in [2.05, 4.69) is 32.1 Å². The summed E-state index contributed by atoms with van der Waals surface area (Å²) in [6.07, 6.45) is 1.74. The van der Waals surface area contributed by atoms with Gasteiger partial charge >= 0.3 is 0 Å². The lowest BCUT2D eigenvalue weighted by molar-refractivity contribution is 0.244. The predicted molar refractivity (Wildman–Crippen MR) is 97.2 cm³/mol.